The topological polar surface area (TPSA) is 64.5 Å². The van der Waals surface area contributed by atoms with Gasteiger partial charge in [-0.1, -0.05) is 202 Å². The minimum Gasteiger partial charge on any atom is -0.256 e. The summed E-state index contributed by atoms with van der Waals surface area (Å²) in [4.78, 5) is 21.7. The van der Waals surface area contributed by atoms with Crippen molar-refractivity contribution >= 4 is 21.5 Å². The Hall–Kier alpha value is -9.26. The molecule has 0 N–H and O–H groups in total. The van der Waals surface area contributed by atoms with Crippen LogP contribution in [-0.4, -0.2) is 24.9 Å². The molecule has 6 heteroatoms. The highest BCUT2D eigenvalue weighted by Gasteiger charge is 2.14. The molecule has 0 aliphatic rings. The minimum absolute atomic E-state index is 0.185. The van der Waals surface area contributed by atoms with Crippen molar-refractivity contribution < 1.29 is 4.39 Å². The number of aromatic nitrogens is 5. The molecular weight excluding hydrogens is 906 g/mol. The molecule has 0 aliphatic heterocycles. The van der Waals surface area contributed by atoms with Crippen molar-refractivity contribution in [3.05, 3.63) is 297 Å². The third kappa shape index (κ3) is 14.4. The van der Waals surface area contributed by atoms with Gasteiger partial charge in [0.2, 0.25) is 0 Å². The summed E-state index contributed by atoms with van der Waals surface area (Å²) in [5, 5.41) is 4.88. The Morgan fingerprint density at radius 2 is 0.649 bits per heavy atom. The first kappa shape index (κ1) is 51.1. The molecule has 7 aromatic carbocycles. The lowest BCUT2D eigenvalue weighted by atomic mass is 9.86. The molecule has 5 aromatic heterocycles. The summed E-state index contributed by atoms with van der Waals surface area (Å²) in [6.45, 7) is 8.79. The molecule has 0 amide bonds. The van der Waals surface area contributed by atoms with Gasteiger partial charge in [0.05, 0.1) is 28.5 Å². The van der Waals surface area contributed by atoms with Crippen LogP contribution in [0.1, 0.15) is 31.9 Å². The molecule has 0 unspecified atom stereocenters. The van der Waals surface area contributed by atoms with Crippen molar-refractivity contribution in [3.8, 4) is 56.3 Å². The maximum absolute atomic E-state index is 12.6. The molecule has 0 spiro atoms. The van der Waals surface area contributed by atoms with E-state index in [1.807, 2.05) is 122 Å². The number of hydrogen-bond donors (Lipinski definition) is 0. The predicted octanol–water partition coefficient (Wildman–Crippen LogP) is 17.8. The Morgan fingerprint density at radius 1 is 0.297 bits per heavy atom. The molecule has 5 nitrogen and oxygen atoms in total. The van der Waals surface area contributed by atoms with Crippen molar-refractivity contribution in [3.63, 3.8) is 0 Å². The van der Waals surface area contributed by atoms with Crippen LogP contribution in [0.4, 0.5) is 4.39 Å². The fraction of sp³-hybridized carbons (Fsp3) is 0.0735. The highest BCUT2D eigenvalue weighted by Crippen LogP contribution is 2.30. The summed E-state index contributed by atoms with van der Waals surface area (Å²) in [7, 11) is 0. The number of nitrogens with zero attached hydrogens (tertiary/aromatic N) is 5. The second kappa shape index (κ2) is 25.7. The van der Waals surface area contributed by atoms with Gasteiger partial charge in [-0.3, -0.25) is 24.9 Å². The molecule has 12 aromatic rings. The molecule has 12 rings (SSSR count). The van der Waals surface area contributed by atoms with Gasteiger partial charge >= 0.3 is 0 Å². The van der Waals surface area contributed by atoms with Crippen molar-refractivity contribution in [2.45, 2.75) is 33.1 Å². The average Bonchev–Trinajstić information content (AvgIpc) is 3.47. The van der Waals surface area contributed by atoms with E-state index in [2.05, 4.69) is 180 Å². The lowest BCUT2D eigenvalue weighted by molar-refractivity contribution is 0.590. The number of hydrogen-bond acceptors (Lipinski definition) is 5. The van der Waals surface area contributed by atoms with Crippen molar-refractivity contribution in [1.82, 2.24) is 24.9 Å². The molecule has 0 fully saturated rings. The fourth-order valence-electron chi connectivity index (χ4n) is 7.98. The smallest absolute Gasteiger partial charge is 0.123 e. The summed E-state index contributed by atoms with van der Waals surface area (Å²) in [5.74, 6) is -0.223. The van der Waals surface area contributed by atoms with Gasteiger partial charge in [-0.25, -0.2) is 4.39 Å². The Balaban J connectivity index is 0.000000125. The van der Waals surface area contributed by atoms with Crippen molar-refractivity contribution in [1.29, 1.82) is 0 Å². The second-order valence-electron chi connectivity index (χ2n) is 18.3. The monoisotopic (exact) mass is 963 g/mol. The number of fused-ring (bicyclic) bond motifs is 2. The van der Waals surface area contributed by atoms with Crippen LogP contribution < -0.4 is 0 Å². The van der Waals surface area contributed by atoms with Gasteiger partial charge in [0.25, 0.3) is 0 Å². The highest BCUT2D eigenvalue weighted by molar-refractivity contribution is 5.95. The lowest BCUT2D eigenvalue weighted by Crippen LogP contribution is -2.10. The zero-order chi connectivity index (χ0) is 51.4. The number of benzene rings is 7. The lowest BCUT2D eigenvalue weighted by Gasteiger charge is -2.19. The maximum Gasteiger partial charge on any atom is 0.123 e. The Morgan fingerprint density at radius 3 is 1.07 bits per heavy atom. The highest BCUT2D eigenvalue weighted by atomic mass is 19.1. The molecule has 362 valence electrons. The van der Waals surface area contributed by atoms with E-state index in [4.69, 9.17) is 0 Å². The SMILES string of the molecule is CC(C)(C)c1ccc(-c2nccc3ccccc23)cc1.Cc1ccc(-c2ccccn2)cc1.Fc1ccc(-c2ccccn2)cc1.c1ccc(-c2ccccn2)cc1.c1ccc(-c2nccc3ccccc23)cc1. The van der Waals surface area contributed by atoms with Crippen molar-refractivity contribution in [2.75, 3.05) is 0 Å². The number of pyridine rings is 5. The van der Waals surface area contributed by atoms with Crippen LogP contribution in [0.3, 0.4) is 0 Å². The van der Waals surface area contributed by atoms with E-state index in [1.54, 1.807) is 18.3 Å². The standard InChI is InChI=1S/C19H19N.C15H11N.C12H11N.C11H8FN.C11H9N/c1-19(2,3)16-10-8-15(9-11-16)18-17-7-5-4-6-14(17)12-13-20-18;1-2-7-13(8-3-1)15-14-9-5-4-6-12(14)10-11-16-15;1-10-5-7-11(8-6-10)12-4-2-3-9-13-12;12-10-6-4-9(5-7-10)11-3-1-2-8-13-11;1-2-6-10(7-3-1)11-8-4-5-9-12-11/h4-13H,1-3H3;1-11H;2-9H,1H3;1-8H;1-9H. The first-order chi connectivity index (χ1) is 36.2. The van der Waals surface area contributed by atoms with Crippen LogP contribution in [0.15, 0.2) is 280 Å². The molecule has 0 aliphatic carbocycles. The van der Waals surface area contributed by atoms with Crippen LogP contribution in [0.25, 0.3) is 77.8 Å². The summed E-state index contributed by atoms with van der Waals surface area (Å²) in [5.41, 5.74) is 13.5. The largest absolute Gasteiger partial charge is 0.256 e. The maximum atomic E-state index is 12.6. The minimum atomic E-state index is -0.223. The molecule has 74 heavy (non-hydrogen) atoms. The quantitative estimate of drug-likeness (QED) is 0.172. The first-order valence-electron chi connectivity index (χ1n) is 24.6. The molecule has 0 saturated carbocycles. The van der Waals surface area contributed by atoms with Gasteiger partial charge < -0.3 is 0 Å². The van der Waals surface area contributed by atoms with E-state index < -0.39 is 0 Å². The summed E-state index contributed by atoms with van der Waals surface area (Å²) in [6.07, 6.45) is 9.09. The zero-order valence-corrected chi connectivity index (χ0v) is 42.2. The zero-order valence-electron chi connectivity index (χ0n) is 42.2. The molecule has 0 bridgehead atoms. The normalized spacial score (nSPS) is 10.5. The van der Waals surface area contributed by atoms with E-state index in [9.17, 15) is 4.39 Å². The van der Waals surface area contributed by atoms with Gasteiger partial charge in [0, 0.05) is 69.6 Å². The molecule has 0 atom stereocenters. The van der Waals surface area contributed by atoms with Crippen LogP contribution in [0.5, 0.6) is 0 Å². The number of halogens is 1. The summed E-state index contributed by atoms with van der Waals surface area (Å²) >= 11 is 0. The Kier molecular flexibility index (Phi) is 17.8. The van der Waals surface area contributed by atoms with Crippen LogP contribution in [0, 0.1) is 12.7 Å². The first-order valence-corrected chi connectivity index (χ1v) is 24.6. The van der Waals surface area contributed by atoms with E-state index in [1.165, 1.54) is 61.5 Å². The molecular formula is C68H58FN5. The molecule has 0 radical (unpaired) electrons. The second-order valence-corrected chi connectivity index (χ2v) is 18.3. The Bertz CT molecular complexity index is 3420. The van der Waals surface area contributed by atoms with E-state index in [-0.39, 0.29) is 11.2 Å². The van der Waals surface area contributed by atoms with Gasteiger partial charge in [-0.05, 0) is 101 Å². The van der Waals surface area contributed by atoms with Crippen LogP contribution in [0.2, 0.25) is 0 Å². The predicted molar refractivity (Wildman–Crippen MR) is 307 cm³/mol. The van der Waals surface area contributed by atoms with Gasteiger partial charge in [0.1, 0.15) is 5.82 Å². The molecule has 0 saturated heterocycles. The third-order valence-corrected chi connectivity index (χ3v) is 12.0. The van der Waals surface area contributed by atoms with Crippen LogP contribution >= 0.6 is 0 Å². The summed E-state index contributed by atoms with van der Waals surface area (Å²) in [6, 6.07) is 82.3. The Labute approximate surface area is 434 Å². The van der Waals surface area contributed by atoms with E-state index in [0.717, 1.165) is 39.6 Å². The average molecular weight is 964 g/mol. The fourth-order valence-corrected chi connectivity index (χ4v) is 7.98. The molecule has 5 heterocycles. The number of aryl methyl sites for hydroxylation is 1. The van der Waals surface area contributed by atoms with Gasteiger partial charge in [-0.15, -0.1) is 0 Å². The van der Waals surface area contributed by atoms with Crippen LogP contribution in [-0.2, 0) is 5.41 Å². The van der Waals surface area contributed by atoms with Gasteiger partial charge in [-0.2, -0.15) is 0 Å². The van der Waals surface area contributed by atoms with Crippen molar-refractivity contribution in [2.24, 2.45) is 0 Å². The van der Waals surface area contributed by atoms with E-state index >= 15 is 0 Å². The number of rotatable bonds is 5. The summed E-state index contributed by atoms with van der Waals surface area (Å²) < 4.78 is 12.6. The van der Waals surface area contributed by atoms with E-state index in [0.29, 0.717) is 0 Å². The van der Waals surface area contributed by atoms with Gasteiger partial charge in [0.15, 0.2) is 0 Å². The third-order valence-electron chi connectivity index (χ3n) is 12.0.